The molecule has 1 atom stereocenters. The van der Waals surface area contributed by atoms with Crippen LogP contribution >= 0.6 is 11.6 Å². The van der Waals surface area contributed by atoms with Crippen molar-refractivity contribution < 1.29 is 0 Å². The number of hydrogen-bond donors (Lipinski definition) is 1. The number of hydrogen-bond acceptors (Lipinski definition) is 3. The number of nitrogens with zero attached hydrogens (tertiary/aromatic N) is 2. The molecular formula is C28H46ClN3. The minimum absolute atomic E-state index is 0.0812. The molecule has 0 radical (unpaired) electrons. The highest BCUT2D eigenvalue weighted by molar-refractivity contribution is 6.29. The Kier molecular flexibility index (Phi) is 11.2. The van der Waals surface area contributed by atoms with E-state index >= 15 is 0 Å². The Morgan fingerprint density at radius 1 is 1.09 bits per heavy atom. The summed E-state index contributed by atoms with van der Waals surface area (Å²) in [5.41, 5.74) is 11.4. The lowest BCUT2D eigenvalue weighted by molar-refractivity contribution is 0.160. The second-order valence-electron chi connectivity index (χ2n) is 9.87. The summed E-state index contributed by atoms with van der Waals surface area (Å²) in [5, 5.41) is 4.46. The van der Waals surface area contributed by atoms with Crippen molar-refractivity contribution in [3.8, 4) is 0 Å². The van der Waals surface area contributed by atoms with Crippen LogP contribution in [0.3, 0.4) is 0 Å². The van der Waals surface area contributed by atoms with Crippen molar-refractivity contribution in [3.63, 3.8) is 0 Å². The van der Waals surface area contributed by atoms with Crippen LogP contribution in [0.4, 0.5) is 0 Å². The standard InChI is InChI=1S/C28H46ClN3/c1-8-11-18-32-25(20-31(19-17-21(4)5)24(13-9-2)14-10-3)27(29)30-28(32)26-22(6)15-12-16-23(26)7/h15,21,24,28,30H,8-11,13-14,17-20H2,1-7H3. The van der Waals surface area contributed by atoms with Crippen LogP contribution < -0.4 is 5.32 Å². The molecular weight excluding hydrogens is 414 g/mol. The lowest BCUT2D eigenvalue weighted by Crippen LogP contribution is -2.44. The lowest BCUT2D eigenvalue weighted by atomic mass is 9.96. The molecule has 0 aromatic carbocycles. The highest BCUT2D eigenvalue weighted by Gasteiger charge is 2.35. The third-order valence-corrected chi connectivity index (χ3v) is 7.01. The van der Waals surface area contributed by atoms with Gasteiger partial charge in [-0.1, -0.05) is 76.9 Å². The summed E-state index contributed by atoms with van der Waals surface area (Å²) in [6.07, 6.45) is 10.6. The molecule has 2 aliphatic rings. The molecule has 0 fully saturated rings. The van der Waals surface area contributed by atoms with E-state index < -0.39 is 0 Å². The highest BCUT2D eigenvalue weighted by Crippen LogP contribution is 2.33. The molecule has 0 saturated heterocycles. The summed E-state index contributed by atoms with van der Waals surface area (Å²) in [7, 11) is 0. The fourth-order valence-electron chi connectivity index (χ4n) is 4.84. The van der Waals surface area contributed by atoms with E-state index in [2.05, 4.69) is 75.0 Å². The van der Waals surface area contributed by atoms with Gasteiger partial charge in [-0.3, -0.25) is 4.90 Å². The normalized spacial score (nSPS) is 18.7. The molecule has 32 heavy (non-hydrogen) atoms. The zero-order chi connectivity index (χ0) is 23.7. The summed E-state index contributed by atoms with van der Waals surface area (Å²) in [5.74, 6) is 0.706. The second kappa shape index (κ2) is 13.4. The average molecular weight is 460 g/mol. The van der Waals surface area contributed by atoms with Crippen LogP contribution in [-0.2, 0) is 0 Å². The van der Waals surface area contributed by atoms with Crippen molar-refractivity contribution in [3.05, 3.63) is 45.1 Å². The molecule has 1 N–H and O–H groups in total. The Morgan fingerprint density at radius 3 is 2.34 bits per heavy atom. The molecule has 1 heterocycles. The van der Waals surface area contributed by atoms with Gasteiger partial charge >= 0.3 is 0 Å². The maximum Gasteiger partial charge on any atom is 0.127 e. The molecule has 2 rings (SSSR count). The lowest BCUT2D eigenvalue weighted by Gasteiger charge is -2.37. The summed E-state index contributed by atoms with van der Waals surface area (Å²) in [6, 6.07) is 0.621. The Bertz CT molecular complexity index is 772. The van der Waals surface area contributed by atoms with Gasteiger partial charge in [0.25, 0.3) is 0 Å². The number of allylic oxidation sites excluding steroid dienone is 2. The fraction of sp³-hybridized carbons (Fsp3) is 0.714. The van der Waals surface area contributed by atoms with Gasteiger partial charge in [0.1, 0.15) is 11.3 Å². The Hall–Kier alpha value is -1.37. The molecule has 1 unspecified atom stereocenters. The summed E-state index contributed by atoms with van der Waals surface area (Å²) >= 11 is 6.95. The van der Waals surface area contributed by atoms with Crippen molar-refractivity contribution in [2.75, 3.05) is 19.6 Å². The molecule has 4 heteroatoms. The van der Waals surface area contributed by atoms with Gasteiger partial charge in [0.05, 0.1) is 5.70 Å². The molecule has 0 spiro atoms. The summed E-state index contributed by atoms with van der Waals surface area (Å²) < 4.78 is 0. The van der Waals surface area contributed by atoms with Crippen LogP contribution in [-0.4, -0.2) is 41.6 Å². The third kappa shape index (κ3) is 7.06. The third-order valence-electron chi connectivity index (χ3n) is 6.69. The fourth-order valence-corrected chi connectivity index (χ4v) is 5.11. The van der Waals surface area contributed by atoms with Crippen molar-refractivity contribution in [2.24, 2.45) is 5.92 Å². The SMILES string of the molecule is CCCCN1C(CN(CCC(C)C)C(CCC)CCC)=C(Cl)NC1C1=C(C)C=C=C=C1C. The van der Waals surface area contributed by atoms with E-state index in [4.69, 9.17) is 11.6 Å². The van der Waals surface area contributed by atoms with E-state index in [0.29, 0.717) is 12.0 Å². The Labute approximate surface area is 203 Å². The first-order chi connectivity index (χ1) is 15.3. The zero-order valence-corrected chi connectivity index (χ0v) is 22.4. The van der Waals surface area contributed by atoms with Crippen LogP contribution in [0.15, 0.2) is 45.1 Å². The van der Waals surface area contributed by atoms with E-state index in [1.807, 2.05) is 6.08 Å². The monoisotopic (exact) mass is 459 g/mol. The van der Waals surface area contributed by atoms with Crippen molar-refractivity contribution in [1.82, 2.24) is 15.1 Å². The molecule has 0 saturated carbocycles. The van der Waals surface area contributed by atoms with Gasteiger partial charge in [0, 0.05) is 30.3 Å². The number of rotatable bonds is 14. The molecule has 1 aliphatic heterocycles. The Morgan fingerprint density at radius 2 is 1.78 bits per heavy atom. The van der Waals surface area contributed by atoms with Gasteiger partial charge in [0.2, 0.25) is 0 Å². The predicted octanol–water partition coefficient (Wildman–Crippen LogP) is 7.33. The van der Waals surface area contributed by atoms with E-state index in [9.17, 15) is 0 Å². The molecule has 3 nitrogen and oxygen atoms in total. The van der Waals surface area contributed by atoms with Crippen LogP contribution in [0.2, 0.25) is 0 Å². The summed E-state index contributed by atoms with van der Waals surface area (Å²) in [6.45, 7) is 18.9. The predicted molar refractivity (Wildman–Crippen MR) is 140 cm³/mol. The van der Waals surface area contributed by atoms with Gasteiger partial charge in [-0.2, -0.15) is 0 Å². The number of unbranched alkanes of at least 4 members (excludes halogenated alkanes) is 1. The zero-order valence-electron chi connectivity index (χ0n) is 21.7. The molecule has 1 aliphatic carbocycles. The topological polar surface area (TPSA) is 18.5 Å². The van der Waals surface area contributed by atoms with E-state index in [-0.39, 0.29) is 6.17 Å². The molecule has 0 amide bonds. The van der Waals surface area contributed by atoms with Gasteiger partial charge in [-0.25, -0.2) is 0 Å². The number of halogens is 1. The maximum atomic E-state index is 6.95. The minimum Gasteiger partial charge on any atom is -0.351 e. The number of nitrogens with one attached hydrogen (secondary N) is 1. The second-order valence-corrected chi connectivity index (χ2v) is 10.3. The average Bonchev–Trinajstić information content (AvgIpc) is 3.03. The Balaban J connectivity index is 2.34. The van der Waals surface area contributed by atoms with Gasteiger partial charge in [0.15, 0.2) is 0 Å². The molecule has 0 bridgehead atoms. The van der Waals surface area contributed by atoms with E-state index in [0.717, 1.165) is 36.8 Å². The van der Waals surface area contributed by atoms with Gasteiger partial charge in [-0.05, 0) is 63.6 Å². The first-order valence-electron chi connectivity index (χ1n) is 12.9. The first kappa shape index (κ1) is 26.9. The van der Waals surface area contributed by atoms with Crippen molar-refractivity contribution >= 4 is 11.6 Å². The van der Waals surface area contributed by atoms with Crippen LogP contribution in [0.25, 0.3) is 0 Å². The van der Waals surface area contributed by atoms with Crippen LogP contribution in [0.1, 0.15) is 93.4 Å². The quantitative estimate of drug-likeness (QED) is 0.216. The maximum absolute atomic E-state index is 6.95. The molecule has 0 aromatic rings. The van der Waals surface area contributed by atoms with Crippen molar-refractivity contribution in [2.45, 2.75) is 106 Å². The van der Waals surface area contributed by atoms with Crippen molar-refractivity contribution in [1.29, 1.82) is 0 Å². The smallest absolute Gasteiger partial charge is 0.127 e. The van der Waals surface area contributed by atoms with Crippen LogP contribution in [0.5, 0.6) is 0 Å². The summed E-state index contributed by atoms with van der Waals surface area (Å²) in [4.78, 5) is 5.25. The molecule has 0 aromatic heterocycles. The largest absolute Gasteiger partial charge is 0.351 e. The van der Waals surface area contributed by atoms with Gasteiger partial charge < -0.3 is 10.2 Å². The molecule has 180 valence electrons. The minimum atomic E-state index is 0.0812. The first-order valence-corrected chi connectivity index (χ1v) is 13.3. The highest BCUT2D eigenvalue weighted by atomic mass is 35.5. The van der Waals surface area contributed by atoms with E-state index in [1.54, 1.807) is 0 Å². The van der Waals surface area contributed by atoms with Crippen LogP contribution in [0, 0.1) is 5.92 Å². The van der Waals surface area contributed by atoms with Gasteiger partial charge in [-0.15, -0.1) is 0 Å². The van der Waals surface area contributed by atoms with E-state index in [1.165, 1.54) is 55.4 Å².